The van der Waals surface area contributed by atoms with E-state index in [2.05, 4.69) is 22.1 Å². The van der Waals surface area contributed by atoms with E-state index in [1.54, 1.807) is 24.3 Å². The fourth-order valence-electron chi connectivity index (χ4n) is 3.03. The van der Waals surface area contributed by atoms with Gasteiger partial charge in [0.1, 0.15) is 18.2 Å². The van der Waals surface area contributed by atoms with Crippen LogP contribution in [0.15, 0.2) is 72.5 Å². The molecule has 0 saturated heterocycles. The maximum atomic E-state index is 13.2. The topological polar surface area (TPSA) is 55.7 Å². The molecule has 0 aliphatic rings. The van der Waals surface area contributed by atoms with Crippen molar-refractivity contribution in [3.05, 3.63) is 95.5 Å². The summed E-state index contributed by atoms with van der Waals surface area (Å²) in [6.45, 7) is 6.25. The fraction of sp³-hybridized carbons (Fsp3) is 0.200. The molecule has 0 unspecified atom stereocenters. The van der Waals surface area contributed by atoms with Gasteiger partial charge in [-0.25, -0.2) is 9.37 Å². The summed E-state index contributed by atoms with van der Waals surface area (Å²) >= 11 is 0. The number of allylic oxidation sites excluding steroid dienone is 1. The lowest BCUT2D eigenvalue weighted by Gasteiger charge is -2.17. The average molecular weight is 473 g/mol. The Kier molecular flexibility index (Phi) is 8.24. The summed E-state index contributed by atoms with van der Waals surface area (Å²) in [5.41, 5.74) is 4.05. The highest BCUT2D eigenvalue weighted by atomic mass is 19.4. The SMILES string of the molecule is C=CCc1cc(/C=N\Nc2ccc(C(F)(F)F)cn2)cc(OCC)c1OCc1ccc(F)cc1. The second-order valence-corrected chi connectivity index (χ2v) is 7.15. The zero-order valence-electron chi connectivity index (χ0n) is 18.4. The Morgan fingerprint density at radius 2 is 1.85 bits per heavy atom. The van der Waals surface area contributed by atoms with Crippen LogP contribution in [0.1, 0.15) is 29.2 Å². The zero-order valence-corrected chi connectivity index (χ0v) is 18.4. The summed E-state index contributed by atoms with van der Waals surface area (Å²) in [5, 5.41) is 4.06. The molecule has 34 heavy (non-hydrogen) atoms. The van der Waals surface area contributed by atoms with E-state index in [-0.39, 0.29) is 18.2 Å². The molecule has 0 spiro atoms. The lowest BCUT2D eigenvalue weighted by Crippen LogP contribution is -2.06. The van der Waals surface area contributed by atoms with Crippen LogP contribution in [0.4, 0.5) is 23.4 Å². The van der Waals surface area contributed by atoms with Gasteiger partial charge in [0.05, 0.1) is 18.4 Å². The minimum atomic E-state index is -4.45. The maximum Gasteiger partial charge on any atom is 0.417 e. The molecule has 1 N–H and O–H groups in total. The number of anilines is 1. The van der Waals surface area contributed by atoms with E-state index in [0.29, 0.717) is 30.1 Å². The summed E-state index contributed by atoms with van der Waals surface area (Å²) in [6.07, 6.45) is 0.000745. The molecule has 9 heteroatoms. The number of aromatic nitrogens is 1. The second-order valence-electron chi connectivity index (χ2n) is 7.15. The third kappa shape index (κ3) is 6.81. The number of pyridine rings is 1. The monoisotopic (exact) mass is 473 g/mol. The average Bonchev–Trinajstić information content (AvgIpc) is 2.80. The van der Waals surface area contributed by atoms with E-state index < -0.39 is 11.7 Å². The fourth-order valence-corrected chi connectivity index (χ4v) is 3.03. The molecule has 178 valence electrons. The predicted octanol–water partition coefficient (Wildman–Crippen LogP) is 6.39. The van der Waals surface area contributed by atoms with Gasteiger partial charge in [0.2, 0.25) is 0 Å². The molecule has 0 fully saturated rings. The Bertz CT molecular complexity index is 1130. The number of hydrogen-bond donors (Lipinski definition) is 1. The third-order valence-electron chi connectivity index (χ3n) is 4.60. The van der Waals surface area contributed by atoms with Gasteiger partial charge in [-0.1, -0.05) is 18.2 Å². The largest absolute Gasteiger partial charge is 0.490 e. The van der Waals surface area contributed by atoms with Gasteiger partial charge in [-0.15, -0.1) is 6.58 Å². The number of rotatable bonds is 10. The number of nitrogens with zero attached hydrogens (tertiary/aromatic N) is 2. The first-order valence-corrected chi connectivity index (χ1v) is 10.4. The molecule has 0 bridgehead atoms. The van der Waals surface area contributed by atoms with Gasteiger partial charge in [0, 0.05) is 11.8 Å². The van der Waals surface area contributed by atoms with Crippen molar-refractivity contribution >= 4 is 12.0 Å². The molecular formula is C25H23F4N3O2. The van der Waals surface area contributed by atoms with Crippen LogP contribution >= 0.6 is 0 Å². The quantitative estimate of drug-likeness (QED) is 0.160. The van der Waals surface area contributed by atoms with Gasteiger partial charge in [0.25, 0.3) is 0 Å². The molecule has 1 heterocycles. The van der Waals surface area contributed by atoms with Gasteiger partial charge in [0.15, 0.2) is 11.5 Å². The van der Waals surface area contributed by atoms with Gasteiger partial charge in [-0.2, -0.15) is 18.3 Å². The number of nitrogens with one attached hydrogen (secondary N) is 1. The van der Waals surface area contributed by atoms with Crippen LogP contribution < -0.4 is 14.9 Å². The molecular weight excluding hydrogens is 450 g/mol. The predicted molar refractivity (Wildman–Crippen MR) is 123 cm³/mol. The molecule has 0 atom stereocenters. The Morgan fingerprint density at radius 3 is 2.47 bits per heavy atom. The molecule has 5 nitrogen and oxygen atoms in total. The van der Waals surface area contributed by atoms with E-state index in [0.717, 1.165) is 23.4 Å². The third-order valence-corrected chi connectivity index (χ3v) is 4.60. The lowest BCUT2D eigenvalue weighted by molar-refractivity contribution is -0.137. The van der Waals surface area contributed by atoms with Crippen molar-refractivity contribution in [2.45, 2.75) is 26.1 Å². The summed E-state index contributed by atoms with van der Waals surface area (Å²) in [4.78, 5) is 3.72. The Balaban J connectivity index is 1.79. The number of hydrogen-bond acceptors (Lipinski definition) is 5. The second kappa shape index (κ2) is 11.3. The van der Waals surface area contributed by atoms with E-state index >= 15 is 0 Å². The molecule has 2 aromatic carbocycles. The Labute approximate surface area is 194 Å². The van der Waals surface area contributed by atoms with Crippen molar-refractivity contribution in [1.29, 1.82) is 0 Å². The van der Waals surface area contributed by atoms with Gasteiger partial charge in [-0.3, -0.25) is 5.43 Å². The minimum absolute atomic E-state index is 0.167. The van der Waals surface area contributed by atoms with E-state index in [9.17, 15) is 17.6 Å². The van der Waals surface area contributed by atoms with Crippen molar-refractivity contribution in [3.8, 4) is 11.5 Å². The molecule has 0 aliphatic carbocycles. The zero-order chi connectivity index (χ0) is 24.6. The standard InChI is InChI=1S/C25H23F4N3O2/c1-3-5-19-12-18(14-31-32-23-11-8-20(15-30-23)25(27,28)29)13-22(33-4-2)24(19)34-16-17-6-9-21(26)10-7-17/h3,6-15H,1,4-5,16H2,2H3,(H,30,32)/b31-14-. The highest BCUT2D eigenvalue weighted by Crippen LogP contribution is 2.34. The number of alkyl halides is 3. The first kappa shape index (κ1) is 24.8. The summed E-state index contributed by atoms with van der Waals surface area (Å²) in [7, 11) is 0. The smallest absolute Gasteiger partial charge is 0.417 e. The molecule has 0 radical (unpaired) electrons. The van der Waals surface area contributed by atoms with Crippen LogP contribution in [-0.2, 0) is 19.2 Å². The normalized spacial score (nSPS) is 11.4. The molecule has 3 aromatic rings. The lowest BCUT2D eigenvalue weighted by atomic mass is 10.1. The number of halogens is 4. The number of ether oxygens (including phenoxy) is 2. The Morgan fingerprint density at radius 1 is 1.09 bits per heavy atom. The van der Waals surface area contributed by atoms with Crippen LogP contribution in [0.25, 0.3) is 0 Å². The van der Waals surface area contributed by atoms with Crippen LogP contribution in [0.3, 0.4) is 0 Å². The summed E-state index contributed by atoms with van der Waals surface area (Å²) in [6, 6.07) is 11.7. The van der Waals surface area contributed by atoms with Crippen molar-refractivity contribution in [2.24, 2.45) is 5.10 Å². The molecule has 3 rings (SSSR count). The van der Waals surface area contributed by atoms with Crippen molar-refractivity contribution < 1.29 is 27.0 Å². The van der Waals surface area contributed by atoms with E-state index in [1.165, 1.54) is 24.4 Å². The van der Waals surface area contributed by atoms with E-state index in [1.807, 2.05) is 13.0 Å². The van der Waals surface area contributed by atoms with Gasteiger partial charge < -0.3 is 9.47 Å². The van der Waals surface area contributed by atoms with Crippen LogP contribution in [0.5, 0.6) is 11.5 Å². The Hall–Kier alpha value is -3.88. The molecule has 0 saturated carbocycles. The van der Waals surface area contributed by atoms with Crippen molar-refractivity contribution in [1.82, 2.24) is 4.98 Å². The summed E-state index contributed by atoms with van der Waals surface area (Å²) in [5.74, 6) is 0.883. The highest BCUT2D eigenvalue weighted by Gasteiger charge is 2.30. The van der Waals surface area contributed by atoms with Crippen molar-refractivity contribution in [2.75, 3.05) is 12.0 Å². The van der Waals surface area contributed by atoms with Gasteiger partial charge >= 0.3 is 6.18 Å². The minimum Gasteiger partial charge on any atom is -0.490 e. The molecule has 1 aromatic heterocycles. The van der Waals surface area contributed by atoms with Crippen LogP contribution in [0, 0.1) is 5.82 Å². The van der Waals surface area contributed by atoms with Crippen molar-refractivity contribution in [3.63, 3.8) is 0 Å². The number of benzene rings is 2. The van der Waals surface area contributed by atoms with Crippen LogP contribution in [-0.4, -0.2) is 17.8 Å². The first-order chi connectivity index (χ1) is 16.3. The molecule has 0 amide bonds. The highest BCUT2D eigenvalue weighted by molar-refractivity contribution is 5.82. The van der Waals surface area contributed by atoms with Gasteiger partial charge in [-0.05, 0) is 60.9 Å². The van der Waals surface area contributed by atoms with E-state index in [4.69, 9.17) is 9.47 Å². The number of hydrazone groups is 1. The maximum absolute atomic E-state index is 13.2. The van der Waals surface area contributed by atoms with Crippen LogP contribution in [0.2, 0.25) is 0 Å². The molecule has 0 aliphatic heterocycles. The first-order valence-electron chi connectivity index (χ1n) is 10.4. The summed E-state index contributed by atoms with van der Waals surface area (Å²) < 4.78 is 62.9.